The fourth-order valence-corrected chi connectivity index (χ4v) is 6.47. The van der Waals surface area contributed by atoms with Crippen molar-refractivity contribution in [3.05, 3.63) is 99.3 Å². The van der Waals surface area contributed by atoms with Crippen LogP contribution in [-0.2, 0) is 30.0 Å². The summed E-state index contributed by atoms with van der Waals surface area (Å²) in [6.07, 6.45) is -0.156. The third-order valence-electron chi connectivity index (χ3n) is 7.28. The van der Waals surface area contributed by atoms with Crippen molar-refractivity contribution in [2.45, 2.75) is 57.3 Å². The highest BCUT2D eigenvalue weighted by atomic mass is 31.2. The van der Waals surface area contributed by atoms with Crippen molar-refractivity contribution in [3.63, 3.8) is 0 Å². The third kappa shape index (κ3) is 6.52. The monoisotopic (exact) mass is 585 g/mol. The van der Waals surface area contributed by atoms with Crippen LogP contribution < -0.4 is 20.9 Å². The van der Waals surface area contributed by atoms with Crippen LogP contribution in [-0.4, -0.2) is 45.5 Å². The van der Waals surface area contributed by atoms with Crippen LogP contribution in [0.1, 0.15) is 38.0 Å². The summed E-state index contributed by atoms with van der Waals surface area (Å²) in [6.45, 7) is 1.39. The number of hydrogen-bond donors (Lipinski definition) is 3. The Bertz CT molecular complexity index is 1510. The number of nitrogens with one attached hydrogen (secondary N) is 2. The number of aromatic amines is 1. The van der Waals surface area contributed by atoms with Crippen molar-refractivity contribution in [1.82, 2.24) is 14.6 Å². The van der Waals surface area contributed by atoms with E-state index in [0.29, 0.717) is 12.8 Å². The van der Waals surface area contributed by atoms with Gasteiger partial charge in [0.25, 0.3) is 5.56 Å². The number of benzene rings is 2. The van der Waals surface area contributed by atoms with Crippen LogP contribution in [0.4, 0.5) is 0 Å². The van der Waals surface area contributed by atoms with Crippen molar-refractivity contribution in [2.24, 2.45) is 5.41 Å². The molecule has 41 heavy (non-hydrogen) atoms. The van der Waals surface area contributed by atoms with Gasteiger partial charge in [0, 0.05) is 17.7 Å². The molecule has 1 saturated heterocycles. The molecule has 12 nitrogen and oxygen atoms in total. The molecule has 13 heteroatoms. The Kier molecular flexibility index (Phi) is 8.58. The number of hydrogen-bond acceptors (Lipinski definition) is 9. The molecule has 2 fully saturated rings. The fraction of sp³-hybridized carbons (Fsp3) is 0.393. The van der Waals surface area contributed by atoms with Gasteiger partial charge in [-0.1, -0.05) is 55.5 Å². The molecule has 0 amide bonds. The molecule has 0 radical (unpaired) electrons. The zero-order chi connectivity index (χ0) is 29.0. The van der Waals surface area contributed by atoms with E-state index in [-0.39, 0.29) is 25.4 Å². The van der Waals surface area contributed by atoms with Crippen molar-refractivity contribution in [3.8, 4) is 5.75 Å². The van der Waals surface area contributed by atoms with Crippen LogP contribution in [0.15, 0.2) is 82.5 Å². The molecule has 3 aromatic rings. The van der Waals surface area contributed by atoms with Crippen LogP contribution >= 0.6 is 7.75 Å². The smallest absolute Gasteiger partial charge is 0.459 e. The first kappa shape index (κ1) is 29.0. The van der Waals surface area contributed by atoms with E-state index in [1.54, 1.807) is 37.3 Å². The lowest BCUT2D eigenvalue weighted by Crippen LogP contribution is -2.38. The number of rotatable bonds is 12. The Morgan fingerprint density at radius 3 is 2.46 bits per heavy atom. The summed E-state index contributed by atoms with van der Waals surface area (Å²) < 4.78 is 38.2. The van der Waals surface area contributed by atoms with Gasteiger partial charge in [0.05, 0.1) is 12.7 Å². The van der Waals surface area contributed by atoms with E-state index in [9.17, 15) is 24.1 Å². The molecule has 1 aromatic heterocycles. The van der Waals surface area contributed by atoms with Crippen LogP contribution in [0.3, 0.4) is 0 Å². The summed E-state index contributed by atoms with van der Waals surface area (Å²) in [4.78, 5) is 39.1. The molecule has 5 rings (SSSR count). The molecule has 1 saturated carbocycles. The second kappa shape index (κ2) is 12.1. The maximum Gasteiger partial charge on any atom is 0.459 e. The number of aliphatic hydroxyl groups excluding tert-OH is 1. The molecule has 0 bridgehead atoms. The summed E-state index contributed by atoms with van der Waals surface area (Å²) in [6, 6.07) is 17.7. The maximum absolute atomic E-state index is 14.0. The molecule has 1 spiro atoms. The van der Waals surface area contributed by atoms with Crippen LogP contribution in [0, 0.1) is 5.41 Å². The van der Waals surface area contributed by atoms with E-state index in [1.165, 1.54) is 16.8 Å². The average Bonchev–Trinajstić information content (AvgIpc) is 3.73. The molecule has 1 aliphatic carbocycles. The molecule has 5 atom stereocenters. The number of nitrogens with zero attached hydrogens (tertiary/aromatic N) is 1. The van der Waals surface area contributed by atoms with Crippen molar-refractivity contribution < 1.29 is 33.0 Å². The quantitative estimate of drug-likeness (QED) is 0.213. The molecule has 218 valence electrons. The van der Waals surface area contributed by atoms with Gasteiger partial charge in [0.15, 0.2) is 0 Å². The summed E-state index contributed by atoms with van der Waals surface area (Å²) >= 11 is 0. The van der Waals surface area contributed by atoms with Gasteiger partial charge in [-0.15, -0.1) is 0 Å². The molecule has 3 N–H and O–H groups in total. The predicted octanol–water partition coefficient (Wildman–Crippen LogP) is 2.89. The van der Waals surface area contributed by atoms with Crippen LogP contribution in [0.2, 0.25) is 0 Å². The highest BCUT2D eigenvalue weighted by Crippen LogP contribution is 2.62. The SMILES string of the molecule is CC[C@@H](NP(=O)(OC[C@H]1O[C@@H](n2ccc(=O)[nH]c2=O)C2(CC2)[C@@H]1O)Oc1ccccc1)C(=O)OCc1ccccc1. The number of carbonyl (C=O) groups is 1. The molecule has 2 aromatic carbocycles. The molecule has 1 aliphatic heterocycles. The van der Waals surface area contributed by atoms with E-state index in [2.05, 4.69) is 10.1 Å². The van der Waals surface area contributed by atoms with E-state index in [1.807, 2.05) is 30.3 Å². The van der Waals surface area contributed by atoms with Crippen LogP contribution in [0.25, 0.3) is 0 Å². The number of carbonyl (C=O) groups excluding carboxylic acids is 1. The van der Waals surface area contributed by atoms with Gasteiger partial charge in [-0.3, -0.25) is 23.7 Å². The number of ether oxygens (including phenoxy) is 2. The lowest BCUT2D eigenvalue weighted by atomic mass is 9.96. The third-order valence-corrected chi connectivity index (χ3v) is 8.84. The second-order valence-corrected chi connectivity index (χ2v) is 11.8. The van der Waals surface area contributed by atoms with Crippen LogP contribution in [0.5, 0.6) is 5.75 Å². The molecular formula is C28H32N3O9P. The van der Waals surface area contributed by atoms with Crippen molar-refractivity contribution in [2.75, 3.05) is 6.61 Å². The summed E-state index contributed by atoms with van der Waals surface area (Å²) in [5, 5.41) is 13.8. The van der Waals surface area contributed by atoms with E-state index in [0.717, 1.165) is 5.56 Å². The van der Waals surface area contributed by atoms with Gasteiger partial charge in [0.2, 0.25) is 0 Å². The van der Waals surface area contributed by atoms with E-state index < -0.39 is 54.9 Å². The Hall–Kier alpha value is -3.54. The van der Waals surface area contributed by atoms with Gasteiger partial charge in [0.1, 0.15) is 30.7 Å². The molecule has 1 unspecified atom stereocenters. The normalized spacial score (nSPS) is 23.0. The minimum Gasteiger partial charge on any atom is -0.460 e. The van der Waals surface area contributed by atoms with Crippen molar-refractivity contribution >= 4 is 13.7 Å². The number of aromatic nitrogens is 2. The first-order valence-electron chi connectivity index (χ1n) is 13.4. The minimum absolute atomic E-state index is 0.0399. The van der Waals surface area contributed by atoms with Gasteiger partial charge < -0.3 is 19.1 Å². The number of esters is 1. The molecule has 2 aliphatic rings. The highest BCUT2D eigenvalue weighted by molar-refractivity contribution is 7.52. The van der Waals surface area contributed by atoms with Gasteiger partial charge in [-0.05, 0) is 37.0 Å². The van der Waals surface area contributed by atoms with E-state index in [4.69, 9.17) is 18.5 Å². The number of aliphatic hydroxyl groups is 1. The molecule has 2 heterocycles. The zero-order valence-corrected chi connectivity index (χ0v) is 23.3. The maximum atomic E-state index is 14.0. The second-order valence-electron chi connectivity index (χ2n) is 10.1. The standard InChI is InChI=1S/C28H32N3O9P/c1-2-21(25(34)37-17-19-9-5-3-6-10-19)30-41(36,40-20-11-7-4-8-12-20)38-18-22-24(33)28(14-15-28)26(39-22)31-16-13-23(32)29-27(31)35/h3-13,16,21-22,24,26,33H,2,14-15,17-18H2,1H3,(H,30,36)(H,29,32,35)/t21-,22-,24-,26-,41?/m1/s1. The topological polar surface area (TPSA) is 158 Å². The summed E-state index contributed by atoms with van der Waals surface area (Å²) in [5.41, 5.74) is -1.16. The Morgan fingerprint density at radius 2 is 1.83 bits per heavy atom. The Morgan fingerprint density at radius 1 is 1.15 bits per heavy atom. The lowest BCUT2D eigenvalue weighted by Gasteiger charge is -2.25. The number of para-hydroxylation sites is 1. The van der Waals surface area contributed by atoms with Gasteiger partial charge in [-0.2, -0.15) is 5.09 Å². The highest BCUT2D eigenvalue weighted by Gasteiger charge is 2.64. The van der Waals surface area contributed by atoms with Crippen molar-refractivity contribution in [1.29, 1.82) is 0 Å². The first-order valence-corrected chi connectivity index (χ1v) is 14.9. The van der Waals surface area contributed by atoms with Gasteiger partial charge >= 0.3 is 19.4 Å². The Labute approximate surface area is 235 Å². The molecular weight excluding hydrogens is 553 g/mol. The first-order chi connectivity index (χ1) is 19.7. The summed E-state index contributed by atoms with van der Waals surface area (Å²) in [5.74, 6) is -0.400. The largest absolute Gasteiger partial charge is 0.460 e. The zero-order valence-electron chi connectivity index (χ0n) is 22.4. The Balaban J connectivity index is 1.31. The van der Waals surface area contributed by atoms with E-state index >= 15 is 0 Å². The predicted molar refractivity (Wildman–Crippen MR) is 147 cm³/mol. The summed E-state index contributed by atoms with van der Waals surface area (Å²) in [7, 11) is -4.23. The average molecular weight is 586 g/mol. The lowest BCUT2D eigenvalue weighted by molar-refractivity contribution is -0.147. The minimum atomic E-state index is -4.23. The van der Waals surface area contributed by atoms with Gasteiger partial charge in [-0.25, -0.2) is 9.36 Å². The fourth-order valence-electron chi connectivity index (χ4n) is 4.88. The number of H-pyrrole nitrogens is 1.